The first-order chi connectivity index (χ1) is 10.1. The molecule has 2 aromatic rings. The number of ether oxygens (including phenoxy) is 1. The molecule has 1 N–H and O–H groups in total. The normalized spacial score (nSPS) is 11.4. The summed E-state index contributed by atoms with van der Waals surface area (Å²) in [5, 5.41) is 4.93. The summed E-state index contributed by atoms with van der Waals surface area (Å²) in [7, 11) is -1.18. The van der Waals surface area contributed by atoms with E-state index >= 15 is 0 Å². The van der Waals surface area contributed by atoms with Crippen molar-refractivity contribution in [3.05, 3.63) is 60.2 Å². The fraction of sp³-hybridized carbons (Fsp3) is 0.333. The minimum atomic E-state index is -1.18. The highest BCUT2D eigenvalue weighted by molar-refractivity contribution is 6.88. The Balaban J connectivity index is 1.69. The molecule has 3 heteroatoms. The van der Waals surface area contributed by atoms with Crippen molar-refractivity contribution >= 4 is 13.3 Å². The van der Waals surface area contributed by atoms with Crippen LogP contribution in [0.2, 0.25) is 19.6 Å². The molecule has 2 nitrogen and oxygen atoms in total. The van der Waals surface area contributed by atoms with E-state index in [9.17, 15) is 0 Å². The first-order valence-corrected chi connectivity index (χ1v) is 11.0. The summed E-state index contributed by atoms with van der Waals surface area (Å²) in [4.78, 5) is 0. The second-order valence-corrected chi connectivity index (χ2v) is 11.4. The van der Waals surface area contributed by atoms with E-state index in [1.807, 2.05) is 30.3 Å². The van der Waals surface area contributed by atoms with Gasteiger partial charge in [-0.15, -0.1) is 0 Å². The maximum atomic E-state index is 5.65. The Labute approximate surface area is 129 Å². The molecule has 2 rings (SSSR count). The van der Waals surface area contributed by atoms with Gasteiger partial charge in [0.1, 0.15) is 12.4 Å². The molecule has 2 aromatic carbocycles. The van der Waals surface area contributed by atoms with Gasteiger partial charge in [-0.2, -0.15) is 0 Å². The van der Waals surface area contributed by atoms with E-state index in [2.05, 4.69) is 49.2 Å². The molecule has 0 radical (unpaired) electrons. The maximum absolute atomic E-state index is 5.65. The second kappa shape index (κ2) is 7.43. The van der Waals surface area contributed by atoms with Crippen molar-refractivity contribution in [2.24, 2.45) is 0 Å². The highest BCUT2D eigenvalue weighted by atomic mass is 28.3. The number of rotatable bonds is 7. The Bertz CT molecular complexity index is 531. The number of hydrogen-bond donors (Lipinski definition) is 1. The van der Waals surface area contributed by atoms with Crippen molar-refractivity contribution in [3.63, 3.8) is 0 Å². The van der Waals surface area contributed by atoms with Gasteiger partial charge in [-0.3, -0.25) is 0 Å². The van der Waals surface area contributed by atoms with Crippen LogP contribution in [-0.2, 0) is 6.54 Å². The summed E-state index contributed by atoms with van der Waals surface area (Å²) in [6, 6.07) is 19.0. The van der Waals surface area contributed by atoms with Crippen molar-refractivity contribution in [1.82, 2.24) is 5.32 Å². The minimum absolute atomic E-state index is 0.691. The van der Waals surface area contributed by atoms with Gasteiger partial charge in [-0.25, -0.2) is 0 Å². The van der Waals surface area contributed by atoms with Crippen LogP contribution in [0.4, 0.5) is 0 Å². The molecule has 0 fully saturated rings. The zero-order valence-corrected chi connectivity index (χ0v) is 14.2. The second-order valence-electron chi connectivity index (χ2n) is 6.29. The topological polar surface area (TPSA) is 21.3 Å². The molecule has 0 aliphatic carbocycles. The lowest BCUT2D eigenvalue weighted by atomic mass is 10.2. The van der Waals surface area contributed by atoms with Gasteiger partial charge in [0.25, 0.3) is 0 Å². The molecule has 0 saturated heterocycles. The van der Waals surface area contributed by atoms with Gasteiger partial charge in [0.05, 0.1) is 8.07 Å². The molecule has 0 amide bonds. The van der Waals surface area contributed by atoms with Crippen LogP contribution in [-0.4, -0.2) is 21.2 Å². The quantitative estimate of drug-likeness (QED) is 0.625. The van der Waals surface area contributed by atoms with Gasteiger partial charge in [0, 0.05) is 13.1 Å². The van der Waals surface area contributed by atoms with E-state index in [0.29, 0.717) is 6.61 Å². The first kappa shape index (κ1) is 15.8. The number of benzene rings is 2. The summed E-state index contributed by atoms with van der Waals surface area (Å²) in [5.74, 6) is 0.929. The highest BCUT2D eigenvalue weighted by Crippen LogP contribution is 2.07. The zero-order valence-electron chi connectivity index (χ0n) is 13.2. The van der Waals surface area contributed by atoms with Crippen molar-refractivity contribution in [1.29, 1.82) is 0 Å². The smallest absolute Gasteiger partial charge is 0.119 e. The molecule has 0 aliphatic heterocycles. The van der Waals surface area contributed by atoms with Gasteiger partial charge >= 0.3 is 0 Å². The average Bonchev–Trinajstić information content (AvgIpc) is 2.47. The van der Waals surface area contributed by atoms with E-state index in [0.717, 1.165) is 18.8 Å². The molecule has 0 aromatic heterocycles. The Hall–Kier alpha value is -1.58. The third-order valence-electron chi connectivity index (χ3n) is 3.44. The maximum Gasteiger partial charge on any atom is 0.119 e. The SMILES string of the molecule is C[Si](C)(C)c1ccc(CNCCOc2ccccc2)cc1. The Morgan fingerprint density at radius 3 is 2.19 bits per heavy atom. The highest BCUT2D eigenvalue weighted by Gasteiger charge is 2.15. The number of para-hydroxylation sites is 1. The molecule has 0 bridgehead atoms. The molecule has 112 valence electrons. The van der Waals surface area contributed by atoms with Crippen LogP contribution in [0.3, 0.4) is 0 Å². The minimum Gasteiger partial charge on any atom is -0.492 e. The Kier molecular flexibility index (Phi) is 5.59. The van der Waals surface area contributed by atoms with Crippen LogP contribution in [0.25, 0.3) is 0 Å². The predicted octanol–water partition coefficient (Wildman–Crippen LogP) is 3.40. The lowest BCUT2D eigenvalue weighted by Crippen LogP contribution is -2.37. The van der Waals surface area contributed by atoms with Gasteiger partial charge in [-0.1, -0.05) is 67.3 Å². The van der Waals surface area contributed by atoms with Gasteiger partial charge < -0.3 is 10.1 Å². The zero-order chi connectivity index (χ0) is 15.1. The molecular formula is C18H25NOSi. The lowest BCUT2D eigenvalue weighted by Gasteiger charge is -2.16. The summed E-state index contributed by atoms with van der Waals surface area (Å²) >= 11 is 0. The monoisotopic (exact) mass is 299 g/mol. The fourth-order valence-electron chi connectivity index (χ4n) is 2.11. The summed E-state index contributed by atoms with van der Waals surface area (Å²) in [6.45, 7) is 9.56. The van der Waals surface area contributed by atoms with E-state index in [4.69, 9.17) is 4.74 Å². The van der Waals surface area contributed by atoms with Crippen LogP contribution in [0.1, 0.15) is 5.56 Å². The van der Waals surface area contributed by atoms with Crippen LogP contribution in [0, 0.1) is 0 Å². The third-order valence-corrected chi connectivity index (χ3v) is 5.51. The molecule has 0 saturated carbocycles. The summed E-state index contributed by atoms with van der Waals surface area (Å²) in [6.07, 6.45) is 0. The Morgan fingerprint density at radius 1 is 0.905 bits per heavy atom. The van der Waals surface area contributed by atoms with Crippen LogP contribution in [0.15, 0.2) is 54.6 Å². The number of hydrogen-bond acceptors (Lipinski definition) is 2. The first-order valence-electron chi connectivity index (χ1n) is 7.54. The average molecular weight is 299 g/mol. The molecule has 0 heterocycles. The number of nitrogens with one attached hydrogen (secondary N) is 1. The van der Waals surface area contributed by atoms with E-state index in [1.165, 1.54) is 10.8 Å². The van der Waals surface area contributed by atoms with E-state index in [1.54, 1.807) is 0 Å². The lowest BCUT2D eigenvalue weighted by molar-refractivity contribution is 0.313. The standard InChI is InChI=1S/C18H25NOSi/c1-21(2,3)18-11-9-16(10-12-18)15-19-13-14-20-17-7-5-4-6-8-17/h4-12,19H,13-15H2,1-3H3. The van der Waals surface area contributed by atoms with Crippen molar-refractivity contribution in [2.45, 2.75) is 26.2 Å². The van der Waals surface area contributed by atoms with E-state index < -0.39 is 8.07 Å². The van der Waals surface area contributed by atoms with Crippen molar-refractivity contribution < 1.29 is 4.74 Å². The van der Waals surface area contributed by atoms with Crippen molar-refractivity contribution in [3.8, 4) is 5.75 Å². The third kappa shape index (κ3) is 5.36. The van der Waals surface area contributed by atoms with Crippen LogP contribution < -0.4 is 15.2 Å². The Morgan fingerprint density at radius 2 is 1.57 bits per heavy atom. The van der Waals surface area contributed by atoms with Crippen LogP contribution >= 0.6 is 0 Å². The van der Waals surface area contributed by atoms with Crippen LogP contribution in [0.5, 0.6) is 5.75 Å². The fourth-order valence-corrected chi connectivity index (χ4v) is 3.28. The largest absolute Gasteiger partial charge is 0.492 e. The molecule has 0 spiro atoms. The summed E-state index contributed by atoms with van der Waals surface area (Å²) in [5.41, 5.74) is 1.33. The molecular weight excluding hydrogens is 274 g/mol. The summed E-state index contributed by atoms with van der Waals surface area (Å²) < 4.78 is 5.65. The van der Waals surface area contributed by atoms with Gasteiger partial charge in [-0.05, 0) is 17.7 Å². The predicted molar refractivity (Wildman–Crippen MR) is 93.1 cm³/mol. The van der Waals surface area contributed by atoms with Gasteiger partial charge in [0.2, 0.25) is 0 Å². The molecule has 21 heavy (non-hydrogen) atoms. The molecule has 0 unspecified atom stereocenters. The molecule has 0 aliphatic rings. The van der Waals surface area contributed by atoms with Gasteiger partial charge in [0.15, 0.2) is 0 Å². The van der Waals surface area contributed by atoms with Crippen molar-refractivity contribution in [2.75, 3.05) is 13.2 Å². The van der Waals surface area contributed by atoms with E-state index in [-0.39, 0.29) is 0 Å². The molecule has 0 atom stereocenters.